The average molecular weight is 323 g/mol. The van der Waals surface area contributed by atoms with Crippen molar-refractivity contribution in [2.45, 2.75) is 20.4 Å². The van der Waals surface area contributed by atoms with Crippen LogP contribution < -0.4 is 0 Å². The van der Waals surface area contributed by atoms with Crippen LogP contribution in [0.3, 0.4) is 0 Å². The Morgan fingerprint density at radius 1 is 1.04 bits per heavy atom. The van der Waals surface area contributed by atoms with Crippen molar-refractivity contribution in [1.29, 1.82) is 0 Å². The minimum absolute atomic E-state index is 0.110. The lowest BCUT2D eigenvalue weighted by molar-refractivity contribution is -0.384. The highest BCUT2D eigenvalue weighted by atomic mass is 16.6. The predicted molar refractivity (Wildman–Crippen MR) is 96.6 cm³/mol. The minimum atomic E-state index is -0.372. The summed E-state index contributed by atoms with van der Waals surface area (Å²) in [5.74, 6) is 0. The lowest BCUT2D eigenvalue weighted by atomic mass is 10.1. The summed E-state index contributed by atoms with van der Waals surface area (Å²) < 4.78 is 2.11. The number of nitro benzene ring substituents is 1. The fraction of sp³-hybridized carbons (Fsp3) is 0.263. The molecular formula is C19H21N3O2. The fourth-order valence-corrected chi connectivity index (χ4v) is 3.01. The number of benzene rings is 2. The van der Waals surface area contributed by atoms with Gasteiger partial charge in [-0.25, -0.2) is 0 Å². The molecule has 1 aromatic heterocycles. The van der Waals surface area contributed by atoms with E-state index in [9.17, 15) is 10.1 Å². The third kappa shape index (κ3) is 3.03. The quantitative estimate of drug-likeness (QED) is 0.499. The van der Waals surface area contributed by atoms with Gasteiger partial charge in [0.2, 0.25) is 0 Å². The smallest absolute Gasteiger partial charge is 0.269 e. The van der Waals surface area contributed by atoms with Crippen molar-refractivity contribution in [2.24, 2.45) is 0 Å². The monoisotopic (exact) mass is 323 g/mol. The number of rotatable bonds is 6. The topological polar surface area (TPSA) is 51.3 Å². The summed E-state index contributed by atoms with van der Waals surface area (Å²) in [6.07, 6.45) is 2.14. The van der Waals surface area contributed by atoms with E-state index in [0.29, 0.717) is 0 Å². The molecule has 0 saturated carbocycles. The Labute approximate surface area is 141 Å². The summed E-state index contributed by atoms with van der Waals surface area (Å²) in [6.45, 7) is 7.24. The molecule has 24 heavy (non-hydrogen) atoms. The van der Waals surface area contributed by atoms with Crippen LogP contribution in [-0.2, 0) is 6.54 Å². The van der Waals surface area contributed by atoms with E-state index in [4.69, 9.17) is 0 Å². The molecule has 2 aromatic carbocycles. The van der Waals surface area contributed by atoms with Crippen LogP contribution >= 0.6 is 0 Å². The molecule has 1 heterocycles. The van der Waals surface area contributed by atoms with Gasteiger partial charge in [0.25, 0.3) is 5.69 Å². The molecule has 0 aliphatic heterocycles. The molecule has 5 nitrogen and oxygen atoms in total. The lowest BCUT2D eigenvalue weighted by Crippen LogP contribution is -2.21. The van der Waals surface area contributed by atoms with Crippen LogP contribution in [0.5, 0.6) is 0 Å². The fourth-order valence-electron chi connectivity index (χ4n) is 3.01. The van der Waals surface area contributed by atoms with E-state index in [-0.39, 0.29) is 10.6 Å². The maximum Gasteiger partial charge on any atom is 0.269 e. The second-order valence-electron chi connectivity index (χ2n) is 5.78. The van der Waals surface area contributed by atoms with Gasteiger partial charge in [0.05, 0.1) is 10.4 Å². The molecule has 0 fully saturated rings. The van der Waals surface area contributed by atoms with Crippen LogP contribution in [0.2, 0.25) is 0 Å². The Bertz CT molecular complexity index is 849. The maximum absolute atomic E-state index is 10.8. The van der Waals surface area contributed by atoms with E-state index in [0.717, 1.165) is 30.8 Å². The van der Waals surface area contributed by atoms with Gasteiger partial charge in [0.15, 0.2) is 0 Å². The first-order valence-corrected chi connectivity index (χ1v) is 8.20. The molecule has 5 heteroatoms. The Balaban J connectivity index is 2.06. The molecule has 0 radical (unpaired) electrons. The number of nitrogens with zero attached hydrogens (tertiary/aromatic N) is 3. The van der Waals surface area contributed by atoms with Crippen LogP contribution in [0, 0.1) is 10.1 Å². The largest absolute Gasteiger partial charge is 0.316 e. The van der Waals surface area contributed by atoms with E-state index in [1.807, 2.05) is 12.1 Å². The third-order valence-electron chi connectivity index (χ3n) is 4.42. The number of aromatic nitrogens is 1. The Morgan fingerprint density at radius 3 is 2.33 bits per heavy atom. The standard InChI is InChI=1S/C19H21N3O2/c1-3-20(4-2)13-15-14-21(19-8-6-5-7-18(15)19)16-9-11-17(12-10-16)22(23)24/h5-12,14H,3-4,13H2,1-2H3. The average Bonchev–Trinajstić information content (AvgIpc) is 2.98. The summed E-state index contributed by atoms with van der Waals surface area (Å²) >= 11 is 0. The normalized spacial score (nSPS) is 11.3. The highest BCUT2D eigenvalue weighted by Crippen LogP contribution is 2.26. The van der Waals surface area contributed by atoms with Crippen molar-refractivity contribution in [3.8, 4) is 5.69 Å². The molecule has 0 N–H and O–H groups in total. The molecule has 0 unspecified atom stereocenters. The number of non-ortho nitro benzene ring substituents is 1. The van der Waals surface area contributed by atoms with Crippen LogP contribution in [-0.4, -0.2) is 27.5 Å². The number of fused-ring (bicyclic) bond motifs is 1. The molecular weight excluding hydrogens is 302 g/mol. The van der Waals surface area contributed by atoms with Crippen LogP contribution in [0.1, 0.15) is 19.4 Å². The van der Waals surface area contributed by atoms with Crippen LogP contribution in [0.15, 0.2) is 54.7 Å². The zero-order valence-corrected chi connectivity index (χ0v) is 14.0. The van der Waals surface area contributed by atoms with Crippen LogP contribution in [0.4, 0.5) is 5.69 Å². The molecule has 0 aliphatic rings. The first-order chi connectivity index (χ1) is 11.6. The van der Waals surface area contributed by atoms with Crippen molar-refractivity contribution in [3.63, 3.8) is 0 Å². The zero-order valence-electron chi connectivity index (χ0n) is 14.0. The second kappa shape index (κ2) is 6.84. The van der Waals surface area contributed by atoms with E-state index in [1.54, 1.807) is 24.3 Å². The van der Waals surface area contributed by atoms with Crippen molar-refractivity contribution in [2.75, 3.05) is 13.1 Å². The van der Waals surface area contributed by atoms with Gasteiger partial charge in [-0.15, -0.1) is 0 Å². The number of para-hydroxylation sites is 1. The Morgan fingerprint density at radius 2 is 1.71 bits per heavy atom. The van der Waals surface area contributed by atoms with Gasteiger partial charge in [-0.1, -0.05) is 32.0 Å². The first kappa shape index (κ1) is 16.2. The minimum Gasteiger partial charge on any atom is -0.316 e. The van der Waals surface area contributed by atoms with E-state index >= 15 is 0 Å². The molecule has 3 rings (SSSR count). The van der Waals surface area contributed by atoms with Gasteiger partial charge in [0, 0.05) is 35.9 Å². The lowest BCUT2D eigenvalue weighted by Gasteiger charge is -2.17. The highest BCUT2D eigenvalue weighted by molar-refractivity contribution is 5.85. The number of hydrogen-bond acceptors (Lipinski definition) is 3. The van der Waals surface area contributed by atoms with Crippen molar-refractivity contribution >= 4 is 16.6 Å². The number of hydrogen-bond donors (Lipinski definition) is 0. The molecule has 0 bridgehead atoms. The third-order valence-corrected chi connectivity index (χ3v) is 4.42. The van der Waals surface area contributed by atoms with Gasteiger partial charge < -0.3 is 4.57 Å². The van der Waals surface area contributed by atoms with E-state index in [2.05, 4.69) is 41.6 Å². The molecule has 3 aromatic rings. The molecule has 0 amide bonds. The van der Waals surface area contributed by atoms with Crippen LogP contribution in [0.25, 0.3) is 16.6 Å². The van der Waals surface area contributed by atoms with E-state index < -0.39 is 0 Å². The van der Waals surface area contributed by atoms with E-state index in [1.165, 1.54) is 10.9 Å². The second-order valence-corrected chi connectivity index (χ2v) is 5.78. The van der Waals surface area contributed by atoms with Crippen molar-refractivity contribution in [1.82, 2.24) is 9.47 Å². The molecule has 0 spiro atoms. The maximum atomic E-state index is 10.8. The molecule has 0 atom stereocenters. The molecule has 0 aliphatic carbocycles. The zero-order chi connectivity index (χ0) is 17.1. The summed E-state index contributed by atoms with van der Waals surface area (Å²) in [5.41, 5.74) is 3.43. The first-order valence-electron chi connectivity index (χ1n) is 8.20. The number of nitro groups is 1. The Kier molecular flexibility index (Phi) is 4.62. The van der Waals surface area contributed by atoms with Gasteiger partial charge in [-0.2, -0.15) is 0 Å². The summed E-state index contributed by atoms with van der Waals surface area (Å²) in [5, 5.41) is 12.1. The summed E-state index contributed by atoms with van der Waals surface area (Å²) in [7, 11) is 0. The highest BCUT2D eigenvalue weighted by Gasteiger charge is 2.12. The SMILES string of the molecule is CCN(CC)Cc1cn(-c2ccc([N+](=O)[O-])cc2)c2ccccc12. The van der Waals surface area contributed by atoms with Crippen molar-refractivity contribution < 1.29 is 4.92 Å². The summed E-state index contributed by atoms with van der Waals surface area (Å²) in [6, 6.07) is 15.0. The van der Waals surface area contributed by atoms with Gasteiger partial charge in [-0.3, -0.25) is 15.0 Å². The van der Waals surface area contributed by atoms with Crippen molar-refractivity contribution in [3.05, 3.63) is 70.4 Å². The molecule has 124 valence electrons. The predicted octanol–water partition coefficient (Wildman–Crippen LogP) is 4.38. The van der Waals surface area contributed by atoms with Gasteiger partial charge in [-0.05, 0) is 36.9 Å². The van der Waals surface area contributed by atoms with Gasteiger partial charge >= 0.3 is 0 Å². The summed E-state index contributed by atoms with van der Waals surface area (Å²) in [4.78, 5) is 12.9. The Hall–Kier alpha value is -2.66. The van der Waals surface area contributed by atoms with Gasteiger partial charge in [0.1, 0.15) is 0 Å². The molecule has 0 saturated heterocycles.